The predicted molar refractivity (Wildman–Crippen MR) is 131 cm³/mol. The highest BCUT2D eigenvalue weighted by Crippen LogP contribution is 2.26. The van der Waals surface area contributed by atoms with E-state index in [0.29, 0.717) is 27.3 Å². The van der Waals surface area contributed by atoms with Crippen molar-refractivity contribution >= 4 is 46.6 Å². The van der Waals surface area contributed by atoms with E-state index in [9.17, 15) is 4.79 Å². The third kappa shape index (κ3) is 5.51. The van der Waals surface area contributed by atoms with Crippen molar-refractivity contribution in [1.82, 2.24) is 14.8 Å². The van der Waals surface area contributed by atoms with Crippen LogP contribution in [0.15, 0.2) is 78.0 Å². The molecule has 0 radical (unpaired) electrons. The van der Waals surface area contributed by atoms with E-state index >= 15 is 0 Å². The summed E-state index contributed by atoms with van der Waals surface area (Å²) in [6, 6.07) is 23.3. The van der Waals surface area contributed by atoms with E-state index in [1.807, 2.05) is 54.0 Å². The number of nitrogens with zero attached hydrogens (tertiary/aromatic N) is 3. The van der Waals surface area contributed by atoms with E-state index < -0.39 is 0 Å². The van der Waals surface area contributed by atoms with Crippen molar-refractivity contribution < 1.29 is 4.79 Å². The summed E-state index contributed by atoms with van der Waals surface area (Å²) in [5.41, 5.74) is 3.86. The van der Waals surface area contributed by atoms with Crippen LogP contribution in [0.4, 0.5) is 5.69 Å². The number of thioether (sulfide) groups is 1. The van der Waals surface area contributed by atoms with E-state index in [2.05, 4.69) is 27.6 Å². The maximum atomic E-state index is 12.5. The van der Waals surface area contributed by atoms with Gasteiger partial charge in [0.25, 0.3) is 0 Å². The lowest BCUT2D eigenvalue weighted by Crippen LogP contribution is -2.14. The summed E-state index contributed by atoms with van der Waals surface area (Å²) < 4.78 is 2.00. The first-order valence-electron chi connectivity index (χ1n) is 9.92. The molecular weight excluding hydrogens is 463 g/mol. The third-order valence-corrected chi connectivity index (χ3v) is 6.40. The first kappa shape index (κ1) is 22.4. The minimum absolute atomic E-state index is 0.170. The lowest BCUT2D eigenvalue weighted by atomic mass is 10.1. The van der Waals surface area contributed by atoms with Crippen LogP contribution in [0.5, 0.6) is 0 Å². The molecule has 0 bridgehead atoms. The van der Waals surface area contributed by atoms with E-state index in [1.165, 1.54) is 17.3 Å². The molecule has 0 unspecified atom stereocenters. The van der Waals surface area contributed by atoms with Gasteiger partial charge in [-0.1, -0.05) is 83.0 Å². The number of hydrogen-bond donors (Lipinski definition) is 1. The molecule has 5 nitrogen and oxygen atoms in total. The topological polar surface area (TPSA) is 59.8 Å². The van der Waals surface area contributed by atoms with Crippen molar-refractivity contribution in [2.24, 2.45) is 0 Å². The summed E-state index contributed by atoms with van der Waals surface area (Å²) in [5, 5.41) is 13.1. The fourth-order valence-electron chi connectivity index (χ4n) is 3.14. The largest absolute Gasteiger partial charge is 0.325 e. The Balaban J connectivity index is 1.54. The molecule has 0 saturated heterocycles. The highest BCUT2D eigenvalue weighted by molar-refractivity contribution is 7.99. The number of aryl methyl sites for hydroxylation is 1. The second kappa shape index (κ2) is 10.2. The Labute approximate surface area is 200 Å². The van der Waals surface area contributed by atoms with Crippen LogP contribution in [0.1, 0.15) is 17.0 Å². The Morgan fingerprint density at radius 1 is 0.969 bits per heavy atom. The van der Waals surface area contributed by atoms with Gasteiger partial charge in [-0.15, -0.1) is 10.2 Å². The zero-order valence-corrected chi connectivity index (χ0v) is 19.6. The Bertz CT molecular complexity index is 1230. The van der Waals surface area contributed by atoms with Crippen molar-refractivity contribution in [3.8, 4) is 5.69 Å². The minimum Gasteiger partial charge on any atom is -0.325 e. The average Bonchev–Trinajstić information content (AvgIpc) is 3.18. The standard InChI is InChI=1S/C24H20Cl2N4OS/c1-16-7-10-19(11-8-16)30-22(13-17-5-3-2-4-6-17)28-29-24(30)32-15-23(31)27-18-9-12-20(25)21(26)14-18/h2-12,14H,13,15H2,1H3,(H,27,31). The van der Waals surface area contributed by atoms with Crippen LogP contribution in [-0.4, -0.2) is 26.4 Å². The first-order chi connectivity index (χ1) is 15.5. The summed E-state index contributed by atoms with van der Waals surface area (Å²) in [7, 11) is 0. The van der Waals surface area contributed by atoms with Crippen LogP contribution in [0.25, 0.3) is 5.69 Å². The van der Waals surface area contributed by atoms with Crippen LogP contribution < -0.4 is 5.32 Å². The highest BCUT2D eigenvalue weighted by Gasteiger charge is 2.16. The van der Waals surface area contributed by atoms with Gasteiger partial charge in [0, 0.05) is 17.8 Å². The van der Waals surface area contributed by atoms with Crippen molar-refractivity contribution in [3.05, 3.63) is 99.8 Å². The number of hydrogen-bond acceptors (Lipinski definition) is 4. The second-order valence-corrected chi connectivity index (χ2v) is 8.95. The van der Waals surface area contributed by atoms with Gasteiger partial charge in [0.05, 0.1) is 15.8 Å². The number of anilines is 1. The molecule has 0 saturated carbocycles. The quantitative estimate of drug-likeness (QED) is 0.318. The number of aromatic nitrogens is 3. The molecule has 162 valence electrons. The molecule has 3 aromatic carbocycles. The van der Waals surface area contributed by atoms with Crippen molar-refractivity contribution in [2.75, 3.05) is 11.1 Å². The summed E-state index contributed by atoms with van der Waals surface area (Å²) >= 11 is 13.3. The number of halogens is 2. The van der Waals surface area contributed by atoms with Crippen molar-refractivity contribution in [1.29, 1.82) is 0 Å². The van der Waals surface area contributed by atoms with Crippen LogP contribution in [-0.2, 0) is 11.2 Å². The van der Waals surface area contributed by atoms with Gasteiger partial charge in [0.1, 0.15) is 5.82 Å². The Morgan fingerprint density at radius 2 is 1.72 bits per heavy atom. The Hall–Kier alpha value is -2.80. The van der Waals surface area contributed by atoms with Crippen LogP contribution in [0, 0.1) is 6.92 Å². The smallest absolute Gasteiger partial charge is 0.234 e. The second-order valence-electron chi connectivity index (χ2n) is 7.20. The minimum atomic E-state index is -0.170. The van der Waals surface area contributed by atoms with E-state index in [4.69, 9.17) is 23.2 Å². The number of rotatable bonds is 7. The zero-order chi connectivity index (χ0) is 22.5. The SMILES string of the molecule is Cc1ccc(-n2c(Cc3ccccc3)nnc2SCC(=O)Nc2ccc(Cl)c(Cl)c2)cc1. The van der Waals surface area contributed by atoms with E-state index in [-0.39, 0.29) is 11.7 Å². The Kier molecular flexibility index (Phi) is 7.15. The number of amides is 1. The maximum absolute atomic E-state index is 12.5. The molecule has 0 aliphatic heterocycles. The summed E-state index contributed by atoms with van der Waals surface area (Å²) in [6.07, 6.45) is 0.637. The van der Waals surface area contributed by atoms with Gasteiger partial charge in [-0.2, -0.15) is 0 Å². The van der Waals surface area contributed by atoms with Gasteiger partial charge in [-0.05, 0) is 42.8 Å². The maximum Gasteiger partial charge on any atom is 0.234 e. The molecule has 1 amide bonds. The number of carbonyl (C=O) groups is 1. The molecule has 1 aromatic heterocycles. The fraction of sp³-hybridized carbons (Fsp3) is 0.125. The molecule has 0 fully saturated rings. The van der Waals surface area contributed by atoms with Gasteiger partial charge in [0.15, 0.2) is 5.16 Å². The highest BCUT2D eigenvalue weighted by atomic mass is 35.5. The number of carbonyl (C=O) groups excluding carboxylic acids is 1. The molecule has 1 heterocycles. The first-order valence-corrected chi connectivity index (χ1v) is 11.7. The van der Waals surface area contributed by atoms with Gasteiger partial charge in [0.2, 0.25) is 5.91 Å². The molecule has 8 heteroatoms. The van der Waals surface area contributed by atoms with Crippen LogP contribution in [0.3, 0.4) is 0 Å². The zero-order valence-electron chi connectivity index (χ0n) is 17.3. The molecule has 32 heavy (non-hydrogen) atoms. The van der Waals surface area contributed by atoms with Gasteiger partial charge in [-0.25, -0.2) is 0 Å². The molecule has 4 rings (SSSR count). The molecule has 0 atom stereocenters. The Morgan fingerprint density at radius 3 is 2.44 bits per heavy atom. The predicted octanol–water partition coefficient (Wildman–Crippen LogP) is 6.20. The molecule has 0 aliphatic carbocycles. The van der Waals surface area contributed by atoms with Crippen molar-refractivity contribution in [2.45, 2.75) is 18.5 Å². The van der Waals surface area contributed by atoms with Crippen LogP contribution in [0.2, 0.25) is 10.0 Å². The average molecular weight is 483 g/mol. The van der Waals surface area contributed by atoms with Gasteiger partial charge < -0.3 is 5.32 Å². The van der Waals surface area contributed by atoms with Crippen molar-refractivity contribution in [3.63, 3.8) is 0 Å². The fourth-order valence-corrected chi connectivity index (χ4v) is 4.21. The number of nitrogens with one attached hydrogen (secondary N) is 1. The van der Waals surface area contributed by atoms with Gasteiger partial charge in [-0.3, -0.25) is 9.36 Å². The summed E-state index contributed by atoms with van der Waals surface area (Å²) in [4.78, 5) is 12.5. The lowest BCUT2D eigenvalue weighted by Gasteiger charge is -2.11. The van der Waals surface area contributed by atoms with Crippen LogP contribution >= 0.6 is 35.0 Å². The van der Waals surface area contributed by atoms with E-state index in [1.54, 1.807) is 18.2 Å². The molecule has 0 spiro atoms. The normalized spacial score (nSPS) is 10.8. The number of benzene rings is 3. The monoisotopic (exact) mass is 482 g/mol. The lowest BCUT2D eigenvalue weighted by molar-refractivity contribution is -0.113. The third-order valence-electron chi connectivity index (χ3n) is 4.73. The molecule has 1 N–H and O–H groups in total. The summed E-state index contributed by atoms with van der Waals surface area (Å²) in [6.45, 7) is 2.05. The summed E-state index contributed by atoms with van der Waals surface area (Å²) in [5.74, 6) is 0.819. The van der Waals surface area contributed by atoms with E-state index in [0.717, 1.165) is 17.1 Å². The molecular formula is C24H20Cl2N4OS. The molecule has 0 aliphatic rings. The van der Waals surface area contributed by atoms with Gasteiger partial charge >= 0.3 is 0 Å². The molecule has 4 aromatic rings.